The summed E-state index contributed by atoms with van der Waals surface area (Å²) >= 11 is 0. The number of fused-ring (bicyclic) bond motifs is 1. The van der Waals surface area contributed by atoms with Crippen LogP contribution >= 0.6 is 0 Å². The molecule has 0 aliphatic heterocycles. The molecule has 1 amide bonds. The topological polar surface area (TPSA) is 82.2 Å². The monoisotopic (exact) mass is 253 g/mol. The smallest absolute Gasteiger partial charge is 0.240 e. The van der Waals surface area contributed by atoms with Crippen LogP contribution in [0.25, 0.3) is 5.65 Å². The first-order chi connectivity index (χ1) is 9.26. The highest BCUT2D eigenvalue weighted by Gasteiger charge is 2.11. The van der Waals surface area contributed by atoms with Crippen LogP contribution in [0, 0.1) is 23.7 Å². The third kappa shape index (κ3) is 2.64. The van der Waals surface area contributed by atoms with Crippen LogP contribution < -0.4 is 10.6 Å². The largest absolute Gasteiger partial charge is 0.359 e. The van der Waals surface area contributed by atoms with E-state index < -0.39 is 0 Å². The second-order valence-electron chi connectivity index (χ2n) is 3.68. The molecule has 0 spiro atoms. The number of imidazole rings is 1. The standard InChI is InChI=1S/C13H11N5O/c1-2-6-15-12(19)9-16-13-10(8-14)18-7-4-3-5-11(18)17-13/h1,3-5,7,16H,6,9H2,(H,15,19). The van der Waals surface area contributed by atoms with Gasteiger partial charge in [0.05, 0.1) is 13.1 Å². The lowest BCUT2D eigenvalue weighted by Gasteiger charge is -2.03. The van der Waals surface area contributed by atoms with Gasteiger partial charge in [0.2, 0.25) is 5.91 Å². The van der Waals surface area contributed by atoms with Crippen LogP contribution in [0.3, 0.4) is 0 Å². The zero-order chi connectivity index (χ0) is 13.7. The van der Waals surface area contributed by atoms with Gasteiger partial charge in [-0.1, -0.05) is 12.0 Å². The number of rotatable bonds is 4. The van der Waals surface area contributed by atoms with Crippen molar-refractivity contribution in [3.63, 3.8) is 0 Å². The molecule has 19 heavy (non-hydrogen) atoms. The first-order valence-corrected chi connectivity index (χ1v) is 5.57. The van der Waals surface area contributed by atoms with Gasteiger partial charge >= 0.3 is 0 Å². The van der Waals surface area contributed by atoms with Crippen LogP contribution in [0.4, 0.5) is 5.82 Å². The van der Waals surface area contributed by atoms with Gasteiger partial charge < -0.3 is 10.6 Å². The van der Waals surface area contributed by atoms with Gasteiger partial charge in [0.15, 0.2) is 11.5 Å². The Morgan fingerprint density at radius 3 is 3.11 bits per heavy atom. The van der Waals surface area contributed by atoms with Crippen molar-refractivity contribution in [3.05, 3.63) is 30.1 Å². The number of nitrogens with zero attached hydrogens (tertiary/aromatic N) is 3. The second-order valence-corrected chi connectivity index (χ2v) is 3.68. The van der Waals surface area contributed by atoms with Crippen LogP contribution in [0.1, 0.15) is 5.69 Å². The molecule has 0 fully saturated rings. The van der Waals surface area contributed by atoms with E-state index in [1.807, 2.05) is 6.07 Å². The zero-order valence-corrected chi connectivity index (χ0v) is 10.1. The molecule has 0 atom stereocenters. The van der Waals surface area contributed by atoms with E-state index in [0.29, 0.717) is 17.2 Å². The van der Waals surface area contributed by atoms with Gasteiger partial charge in [-0.15, -0.1) is 6.42 Å². The molecule has 0 aliphatic carbocycles. The van der Waals surface area contributed by atoms with Gasteiger partial charge in [-0.25, -0.2) is 4.98 Å². The minimum absolute atomic E-state index is 0.0141. The summed E-state index contributed by atoms with van der Waals surface area (Å²) in [5, 5.41) is 14.5. The SMILES string of the molecule is C#CCNC(=O)CNc1nc2ccccn2c1C#N. The molecule has 2 aromatic heterocycles. The highest BCUT2D eigenvalue weighted by atomic mass is 16.1. The maximum atomic E-state index is 11.4. The van der Waals surface area contributed by atoms with Crippen LogP contribution in [-0.4, -0.2) is 28.4 Å². The maximum absolute atomic E-state index is 11.4. The van der Waals surface area contributed by atoms with Gasteiger partial charge in [-0.05, 0) is 12.1 Å². The van der Waals surface area contributed by atoms with E-state index in [0.717, 1.165) is 0 Å². The Morgan fingerprint density at radius 1 is 1.53 bits per heavy atom. The van der Waals surface area contributed by atoms with Crippen LogP contribution in [0.5, 0.6) is 0 Å². The number of terminal acetylenes is 1. The molecule has 94 valence electrons. The number of carbonyl (C=O) groups excluding carboxylic acids is 1. The number of amides is 1. The Bertz CT molecular complexity index is 689. The zero-order valence-electron chi connectivity index (χ0n) is 10.1. The molecule has 6 nitrogen and oxygen atoms in total. The normalized spacial score (nSPS) is 9.58. The molecule has 0 unspecified atom stereocenters. The molecule has 6 heteroatoms. The number of nitrogens with one attached hydrogen (secondary N) is 2. The molecular weight excluding hydrogens is 242 g/mol. The second kappa shape index (κ2) is 5.56. The molecule has 0 radical (unpaired) electrons. The van der Waals surface area contributed by atoms with Gasteiger partial charge in [0, 0.05) is 6.20 Å². The summed E-state index contributed by atoms with van der Waals surface area (Å²) in [5.74, 6) is 2.44. The molecular formula is C13H11N5O. The molecule has 2 heterocycles. The summed E-state index contributed by atoms with van der Waals surface area (Å²) in [4.78, 5) is 15.6. The summed E-state index contributed by atoms with van der Waals surface area (Å²) in [6.07, 6.45) is 6.78. The number of hydrogen-bond acceptors (Lipinski definition) is 4. The van der Waals surface area contributed by atoms with Crippen LogP contribution in [-0.2, 0) is 4.79 Å². The summed E-state index contributed by atoms with van der Waals surface area (Å²) in [7, 11) is 0. The fraction of sp³-hybridized carbons (Fsp3) is 0.154. The summed E-state index contributed by atoms with van der Waals surface area (Å²) in [6.45, 7) is 0.191. The Morgan fingerprint density at radius 2 is 2.37 bits per heavy atom. The number of pyridine rings is 1. The van der Waals surface area contributed by atoms with Gasteiger partial charge in [-0.3, -0.25) is 9.20 Å². The van der Waals surface area contributed by atoms with E-state index in [9.17, 15) is 4.79 Å². The highest BCUT2D eigenvalue weighted by Crippen LogP contribution is 2.15. The van der Waals surface area contributed by atoms with E-state index in [1.165, 1.54) is 0 Å². The molecule has 0 saturated carbocycles. The molecule has 2 rings (SSSR count). The minimum atomic E-state index is -0.251. The fourth-order valence-corrected chi connectivity index (χ4v) is 1.60. The lowest BCUT2D eigenvalue weighted by molar-refractivity contribution is -0.119. The van der Waals surface area contributed by atoms with E-state index >= 15 is 0 Å². The highest BCUT2D eigenvalue weighted by molar-refractivity contribution is 5.81. The van der Waals surface area contributed by atoms with Crippen molar-refractivity contribution >= 4 is 17.4 Å². The summed E-state index contributed by atoms with van der Waals surface area (Å²) in [5.41, 5.74) is 1.01. The molecule has 0 bridgehead atoms. The number of aromatic nitrogens is 2. The van der Waals surface area contributed by atoms with Gasteiger partial charge in [0.1, 0.15) is 11.7 Å². The predicted octanol–water partition coefficient (Wildman–Crippen LogP) is 0.367. The quantitative estimate of drug-likeness (QED) is 0.771. The Kier molecular flexibility index (Phi) is 3.65. The van der Waals surface area contributed by atoms with Crippen molar-refractivity contribution < 1.29 is 4.79 Å². The van der Waals surface area contributed by atoms with Crippen molar-refractivity contribution in [1.82, 2.24) is 14.7 Å². The number of hydrogen-bond donors (Lipinski definition) is 2. The number of anilines is 1. The molecule has 0 aromatic carbocycles. The van der Waals surface area contributed by atoms with Crippen molar-refractivity contribution in [2.75, 3.05) is 18.4 Å². The van der Waals surface area contributed by atoms with Crippen molar-refractivity contribution in [3.8, 4) is 18.4 Å². The average molecular weight is 253 g/mol. The Hall–Kier alpha value is -2.99. The number of carbonyl (C=O) groups is 1. The minimum Gasteiger partial charge on any atom is -0.359 e. The van der Waals surface area contributed by atoms with Crippen molar-refractivity contribution in [1.29, 1.82) is 5.26 Å². The van der Waals surface area contributed by atoms with Crippen LogP contribution in [0.2, 0.25) is 0 Å². The lowest BCUT2D eigenvalue weighted by Crippen LogP contribution is -2.30. The third-order valence-corrected chi connectivity index (χ3v) is 2.44. The first-order valence-electron chi connectivity index (χ1n) is 5.57. The summed E-state index contributed by atoms with van der Waals surface area (Å²) in [6, 6.07) is 7.47. The van der Waals surface area contributed by atoms with E-state index in [1.54, 1.807) is 22.7 Å². The first kappa shape index (κ1) is 12.5. The van der Waals surface area contributed by atoms with Crippen LogP contribution in [0.15, 0.2) is 24.4 Å². The van der Waals surface area contributed by atoms with Crippen molar-refractivity contribution in [2.24, 2.45) is 0 Å². The van der Waals surface area contributed by atoms with E-state index in [-0.39, 0.29) is 19.0 Å². The molecule has 2 N–H and O–H groups in total. The molecule has 2 aromatic rings. The predicted molar refractivity (Wildman–Crippen MR) is 70.2 cm³/mol. The Labute approximate surface area is 110 Å². The molecule has 0 saturated heterocycles. The third-order valence-electron chi connectivity index (χ3n) is 2.44. The maximum Gasteiger partial charge on any atom is 0.240 e. The van der Waals surface area contributed by atoms with Crippen molar-refractivity contribution in [2.45, 2.75) is 0 Å². The lowest BCUT2D eigenvalue weighted by atomic mass is 10.4. The van der Waals surface area contributed by atoms with E-state index in [2.05, 4.69) is 27.6 Å². The van der Waals surface area contributed by atoms with Gasteiger partial charge in [0.25, 0.3) is 0 Å². The molecule has 0 aliphatic rings. The Balaban J connectivity index is 2.15. The van der Waals surface area contributed by atoms with Gasteiger partial charge in [-0.2, -0.15) is 5.26 Å². The van der Waals surface area contributed by atoms with E-state index in [4.69, 9.17) is 11.7 Å². The number of nitriles is 1. The fourth-order valence-electron chi connectivity index (χ4n) is 1.60. The average Bonchev–Trinajstić information content (AvgIpc) is 2.80. The summed E-state index contributed by atoms with van der Waals surface area (Å²) < 4.78 is 1.65.